The molecule has 1 N–H and O–H groups in total. The normalized spacial score (nSPS) is 10.2. The third-order valence-electron chi connectivity index (χ3n) is 2.62. The van der Waals surface area contributed by atoms with E-state index in [1.165, 1.54) is 23.1 Å². The van der Waals surface area contributed by atoms with Crippen molar-refractivity contribution in [3.63, 3.8) is 0 Å². The van der Waals surface area contributed by atoms with Crippen LogP contribution in [0.3, 0.4) is 0 Å². The second kappa shape index (κ2) is 8.27. The van der Waals surface area contributed by atoms with Crippen LogP contribution in [0.15, 0.2) is 24.3 Å². The van der Waals surface area contributed by atoms with E-state index in [2.05, 4.69) is 0 Å². The number of aliphatic hydroxyl groups is 1. The zero-order valence-corrected chi connectivity index (χ0v) is 11.3. The van der Waals surface area contributed by atoms with Gasteiger partial charge in [-0.25, -0.2) is 4.39 Å². The number of nitrogens with zero attached hydrogens (tertiary/aromatic N) is 1. The molecule has 0 aliphatic carbocycles. The first kappa shape index (κ1) is 16.1. The molecule has 0 aliphatic heterocycles. The van der Waals surface area contributed by atoms with Crippen LogP contribution >= 0.6 is 0 Å². The summed E-state index contributed by atoms with van der Waals surface area (Å²) in [7, 11) is 0. The second-order valence-electron chi connectivity index (χ2n) is 4.08. The molecule has 0 spiro atoms. The minimum atomic E-state index is -0.509. The fraction of sp³-hybridized carbons (Fsp3) is 0.429. The van der Waals surface area contributed by atoms with Crippen LogP contribution in [0.5, 0.6) is 0 Å². The van der Waals surface area contributed by atoms with Crippen molar-refractivity contribution in [3.8, 4) is 0 Å². The second-order valence-corrected chi connectivity index (χ2v) is 4.08. The van der Waals surface area contributed by atoms with Gasteiger partial charge >= 0.3 is 5.97 Å². The SMILES string of the molecule is CCOC(=O)CCN(CCO)C(=O)c1cccc(F)c1. The molecule has 0 aromatic heterocycles. The summed E-state index contributed by atoms with van der Waals surface area (Å²) in [5, 5.41) is 8.97. The van der Waals surface area contributed by atoms with Crippen molar-refractivity contribution in [2.45, 2.75) is 13.3 Å². The Kier molecular flexibility index (Phi) is 6.66. The van der Waals surface area contributed by atoms with Gasteiger partial charge in [0.2, 0.25) is 0 Å². The van der Waals surface area contributed by atoms with Crippen LogP contribution in [0.2, 0.25) is 0 Å². The minimum Gasteiger partial charge on any atom is -0.466 e. The van der Waals surface area contributed by atoms with Gasteiger partial charge in [-0.05, 0) is 25.1 Å². The number of halogens is 1. The highest BCUT2D eigenvalue weighted by Crippen LogP contribution is 2.08. The van der Waals surface area contributed by atoms with Gasteiger partial charge in [0.25, 0.3) is 5.91 Å². The molecule has 6 heteroatoms. The van der Waals surface area contributed by atoms with Gasteiger partial charge in [0, 0.05) is 18.7 Å². The lowest BCUT2D eigenvalue weighted by Crippen LogP contribution is -2.35. The number of amides is 1. The van der Waals surface area contributed by atoms with Gasteiger partial charge in [-0.2, -0.15) is 0 Å². The third-order valence-corrected chi connectivity index (χ3v) is 2.62. The Morgan fingerprint density at radius 3 is 2.70 bits per heavy atom. The topological polar surface area (TPSA) is 66.8 Å². The number of carbonyl (C=O) groups excluding carboxylic acids is 2. The monoisotopic (exact) mass is 283 g/mol. The van der Waals surface area contributed by atoms with E-state index < -0.39 is 17.7 Å². The van der Waals surface area contributed by atoms with E-state index in [0.717, 1.165) is 6.07 Å². The van der Waals surface area contributed by atoms with Gasteiger partial charge < -0.3 is 14.7 Å². The molecule has 0 fully saturated rings. The smallest absolute Gasteiger partial charge is 0.307 e. The summed E-state index contributed by atoms with van der Waals surface area (Å²) in [5.74, 6) is -1.35. The van der Waals surface area contributed by atoms with Crippen LogP contribution in [-0.4, -0.2) is 48.2 Å². The molecular weight excluding hydrogens is 265 g/mol. The first-order valence-electron chi connectivity index (χ1n) is 6.39. The number of benzene rings is 1. The zero-order valence-electron chi connectivity index (χ0n) is 11.3. The summed E-state index contributed by atoms with van der Waals surface area (Å²) in [6.07, 6.45) is 0.0366. The molecule has 1 aromatic rings. The Balaban J connectivity index is 2.69. The van der Waals surface area contributed by atoms with E-state index in [4.69, 9.17) is 9.84 Å². The summed E-state index contributed by atoms with van der Waals surface area (Å²) in [6, 6.07) is 5.29. The fourth-order valence-corrected chi connectivity index (χ4v) is 1.70. The highest BCUT2D eigenvalue weighted by molar-refractivity contribution is 5.94. The highest BCUT2D eigenvalue weighted by Gasteiger charge is 2.17. The molecule has 5 nitrogen and oxygen atoms in total. The predicted molar refractivity (Wildman–Crippen MR) is 70.6 cm³/mol. The molecule has 0 heterocycles. The Morgan fingerprint density at radius 2 is 2.10 bits per heavy atom. The predicted octanol–water partition coefficient (Wildman–Crippen LogP) is 1.21. The number of esters is 1. The molecule has 0 aliphatic rings. The maximum atomic E-state index is 13.1. The standard InChI is InChI=1S/C14H18FNO4/c1-2-20-13(18)6-7-16(8-9-17)14(19)11-4-3-5-12(15)10-11/h3-5,10,17H,2,6-9H2,1H3. The number of carbonyl (C=O) groups is 2. The highest BCUT2D eigenvalue weighted by atomic mass is 19.1. The lowest BCUT2D eigenvalue weighted by Gasteiger charge is -2.21. The van der Waals surface area contributed by atoms with E-state index in [9.17, 15) is 14.0 Å². The summed E-state index contributed by atoms with van der Waals surface area (Å²) in [6.45, 7) is 1.94. The largest absolute Gasteiger partial charge is 0.466 e. The van der Waals surface area contributed by atoms with Gasteiger partial charge in [0.15, 0.2) is 0 Å². The van der Waals surface area contributed by atoms with Gasteiger partial charge in [-0.1, -0.05) is 6.07 Å². The zero-order chi connectivity index (χ0) is 15.0. The Hall–Kier alpha value is -1.95. The van der Waals surface area contributed by atoms with Crippen molar-refractivity contribution in [2.24, 2.45) is 0 Å². The molecule has 0 atom stereocenters. The van der Waals surface area contributed by atoms with Crippen LogP contribution in [-0.2, 0) is 9.53 Å². The van der Waals surface area contributed by atoms with E-state index in [0.29, 0.717) is 0 Å². The lowest BCUT2D eigenvalue weighted by atomic mass is 10.2. The Bertz CT molecular complexity index is 464. The van der Waals surface area contributed by atoms with Crippen LogP contribution < -0.4 is 0 Å². The van der Waals surface area contributed by atoms with Gasteiger partial charge in [-0.3, -0.25) is 9.59 Å². The summed E-state index contributed by atoms with van der Waals surface area (Å²) < 4.78 is 17.9. The Morgan fingerprint density at radius 1 is 1.35 bits per heavy atom. The summed E-state index contributed by atoms with van der Waals surface area (Å²) in [5.41, 5.74) is 0.183. The number of hydrogen-bond donors (Lipinski definition) is 1. The minimum absolute atomic E-state index is 0.0366. The molecule has 1 rings (SSSR count). The van der Waals surface area contributed by atoms with Gasteiger partial charge in [0.05, 0.1) is 19.6 Å². The quantitative estimate of drug-likeness (QED) is 0.764. The van der Waals surface area contributed by atoms with Gasteiger partial charge in [0.1, 0.15) is 5.82 Å². The fourth-order valence-electron chi connectivity index (χ4n) is 1.70. The lowest BCUT2D eigenvalue weighted by molar-refractivity contribution is -0.143. The molecule has 0 unspecified atom stereocenters. The molecule has 0 saturated carbocycles. The van der Waals surface area contributed by atoms with Crippen molar-refractivity contribution in [3.05, 3.63) is 35.6 Å². The average molecular weight is 283 g/mol. The number of ether oxygens (including phenoxy) is 1. The first-order valence-corrected chi connectivity index (χ1v) is 6.39. The molecular formula is C14H18FNO4. The maximum absolute atomic E-state index is 13.1. The molecule has 1 amide bonds. The van der Waals surface area contributed by atoms with Crippen molar-refractivity contribution in [1.82, 2.24) is 4.90 Å². The Labute approximate surface area is 117 Å². The van der Waals surface area contributed by atoms with Crippen molar-refractivity contribution in [1.29, 1.82) is 0 Å². The number of hydrogen-bond acceptors (Lipinski definition) is 4. The molecule has 110 valence electrons. The van der Waals surface area contributed by atoms with E-state index in [-0.39, 0.29) is 38.3 Å². The molecule has 0 radical (unpaired) electrons. The van der Waals surface area contributed by atoms with Crippen LogP contribution in [0.4, 0.5) is 4.39 Å². The van der Waals surface area contributed by atoms with Crippen molar-refractivity contribution >= 4 is 11.9 Å². The van der Waals surface area contributed by atoms with Crippen LogP contribution in [0, 0.1) is 5.82 Å². The number of rotatable bonds is 7. The molecule has 1 aromatic carbocycles. The van der Waals surface area contributed by atoms with E-state index >= 15 is 0 Å². The molecule has 20 heavy (non-hydrogen) atoms. The maximum Gasteiger partial charge on any atom is 0.307 e. The number of aliphatic hydroxyl groups excluding tert-OH is 1. The van der Waals surface area contributed by atoms with E-state index in [1.54, 1.807) is 6.92 Å². The molecule has 0 bridgehead atoms. The molecule has 0 saturated heterocycles. The van der Waals surface area contributed by atoms with Crippen LogP contribution in [0.25, 0.3) is 0 Å². The summed E-state index contributed by atoms with van der Waals surface area (Å²) >= 11 is 0. The van der Waals surface area contributed by atoms with Crippen molar-refractivity contribution < 1.29 is 23.8 Å². The average Bonchev–Trinajstić information content (AvgIpc) is 2.43. The third kappa shape index (κ3) is 4.97. The van der Waals surface area contributed by atoms with E-state index in [1.807, 2.05) is 0 Å². The van der Waals surface area contributed by atoms with Gasteiger partial charge in [-0.15, -0.1) is 0 Å². The van der Waals surface area contributed by atoms with Crippen molar-refractivity contribution in [2.75, 3.05) is 26.3 Å². The first-order chi connectivity index (χ1) is 9.58. The summed E-state index contributed by atoms with van der Waals surface area (Å²) in [4.78, 5) is 24.7. The van der Waals surface area contributed by atoms with Crippen LogP contribution in [0.1, 0.15) is 23.7 Å².